The van der Waals surface area contributed by atoms with Crippen LogP contribution in [0.5, 0.6) is 0 Å². The number of nitrogens with one attached hydrogen (secondary N) is 1. The van der Waals surface area contributed by atoms with Crippen molar-refractivity contribution in [1.82, 2.24) is 19.0 Å². The lowest BCUT2D eigenvalue weighted by atomic mass is 9.89. The molecule has 1 aliphatic rings. The topological polar surface area (TPSA) is 103 Å². The first-order valence-corrected chi connectivity index (χ1v) is 17.0. The van der Waals surface area contributed by atoms with E-state index in [2.05, 4.69) is 10.3 Å². The second kappa shape index (κ2) is 11.3. The Bertz CT molecular complexity index is 1850. The largest absolute Gasteiger partial charge is 0.455 e. The van der Waals surface area contributed by atoms with Crippen molar-refractivity contribution in [2.75, 3.05) is 37.7 Å². The minimum absolute atomic E-state index is 0.0163. The van der Waals surface area contributed by atoms with Crippen LogP contribution in [-0.2, 0) is 14.6 Å². The van der Waals surface area contributed by atoms with Gasteiger partial charge < -0.3 is 14.0 Å². The van der Waals surface area contributed by atoms with Gasteiger partial charge in [0, 0.05) is 61.4 Å². The molecule has 42 heavy (non-hydrogen) atoms. The van der Waals surface area contributed by atoms with Crippen molar-refractivity contribution in [3.05, 3.63) is 70.1 Å². The number of carbonyl (C=O) groups excluding carboxylic acids is 1. The van der Waals surface area contributed by atoms with Gasteiger partial charge >= 0.3 is 15.4 Å². The Kier molecular flexibility index (Phi) is 7.83. The fourth-order valence-corrected chi connectivity index (χ4v) is 8.84. The highest BCUT2D eigenvalue weighted by Crippen LogP contribution is 2.43. The number of fused-ring (bicyclic) bond motifs is 2. The zero-order valence-corrected chi connectivity index (χ0v) is 26.2. The molecule has 1 saturated heterocycles. The maximum atomic E-state index is 14.0. The van der Waals surface area contributed by atoms with Crippen molar-refractivity contribution in [2.24, 2.45) is 0 Å². The van der Waals surface area contributed by atoms with Crippen LogP contribution in [0.25, 0.3) is 27.3 Å². The van der Waals surface area contributed by atoms with E-state index in [0.717, 1.165) is 17.7 Å². The fraction of sp³-hybridized carbons (Fsp3) is 0.286. The highest BCUT2D eigenvalue weighted by Gasteiger charge is 2.47. The van der Waals surface area contributed by atoms with E-state index < -0.39 is 10.4 Å². The van der Waals surface area contributed by atoms with E-state index in [0.29, 0.717) is 52.3 Å². The summed E-state index contributed by atoms with van der Waals surface area (Å²) in [5.41, 5.74) is 3.24. The zero-order chi connectivity index (χ0) is 29.8. The molecule has 220 valence electrons. The van der Waals surface area contributed by atoms with Crippen molar-refractivity contribution in [3.8, 4) is 11.3 Å². The first-order chi connectivity index (χ1) is 20.1. The number of rotatable bonds is 7. The molecule has 1 fully saturated rings. The van der Waals surface area contributed by atoms with E-state index in [9.17, 15) is 17.9 Å². The number of piperidine rings is 1. The van der Waals surface area contributed by atoms with Crippen molar-refractivity contribution in [2.45, 2.75) is 23.8 Å². The number of halogens is 2. The standard InChI is InChI=1S/C28H27ClFN5O4S3/c1-31-26(36)23-20-13-19(21(33(2)40-3)14-22(20)39-24(23)16-6-8-18(30)9-7-16)17-5-4-10-34(15-17)42(37,38)27-25(29)32-28-35(27)11-12-41-28/h6-9,11-14,17H,4-5,10,15H2,1-3H3,(H-,31,36,37,38)/p+1. The molecule has 6 rings (SSSR count). The van der Waals surface area contributed by atoms with Gasteiger partial charge in [-0.3, -0.25) is 4.79 Å². The number of amides is 1. The molecule has 2 aromatic carbocycles. The van der Waals surface area contributed by atoms with Crippen LogP contribution in [-0.4, -0.2) is 57.6 Å². The van der Waals surface area contributed by atoms with Gasteiger partial charge in [-0.05, 0) is 52.9 Å². The second-order valence-corrected chi connectivity index (χ2v) is 14.0. The number of nitrogens with zero attached hydrogens (tertiary/aromatic N) is 4. The highest BCUT2D eigenvalue weighted by atomic mass is 35.5. The first kappa shape index (κ1) is 29.1. The van der Waals surface area contributed by atoms with Gasteiger partial charge in [0.05, 0.1) is 17.8 Å². The van der Waals surface area contributed by atoms with Gasteiger partial charge in [-0.25, -0.2) is 13.8 Å². The maximum absolute atomic E-state index is 14.0. The van der Waals surface area contributed by atoms with Gasteiger partial charge in [-0.15, -0.1) is 11.3 Å². The van der Waals surface area contributed by atoms with Crippen LogP contribution in [0.4, 0.5) is 10.1 Å². The molecule has 0 spiro atoms. The predicted molar refractivity (Wildman–Crippen MR) is 167 cm³/mol. The van der Waals surface area contributed by atoms with Crippen LogP contribution in [0.3, 0.4) is 0 Å². The lowest BCUT2D eigenvalue weighted by Crippen LogP contribution is -2.43. The molecule has 0 bridgehead atoms. The molecule has 2 N–H and O–H groups in total. The number of benzene rings is 2. The molecule has 2 unspecified atom stereocenters. The molecule has 0 radical (unpaired) electrons. The first-order valence-electron chi connectivity index (χ1n) is 13.1. The van der Waals surface area contributed by atoms with Gasteiger partial charge in [0.15, 0.2) is 4.96 Å². The Morgan fingerprint density at radius 2 is 2.10 bits per heavy atom. The van der Waals surface area contributed by atoms with Crippen molar-refractivity contribution in [1.29, 1.82) is 0 Å². The number of carbonyl (C=O) groups is 1. The summed E-state index contributed by atoms with van der Waals surface area (Å²) >= 11 is 9.23. The number of hydrogen-bond acceptors (Lipinski definition) is 7. The van der Waals surface area contributed by atoms with E-state index in [-0.39, 0.29) is 27.8 Å². The van der Waals surface area contributed by atoms with Crippen LogP contribution < -0.4 is 9.62 Å². The molecular formula is C28H28ClFN5O4S3+. The average molecular weight is 649 g/mol. The number of furan rings is 1. The molecule has 1 amide bonds. The van der Waals surface area contributed by atoms with Crippen LogP contribution in [0, 0.1) is 5.82 Å². The Labute approximate surface area is 256 Å². The summed E-state index contributed by atoms with van der Waals surface area (Å²) in [4.78, 5) is 18.0. The van der Waals surface area contributed by atoms with Gasteiger partial charge in [0.25, 0.3) is 5.91 Å². The second-order valence-electron chi connectivity index (χ2n) is 9.97. The number of anilines is 1. The quantitative estimate of drug-likeness (QED) is 0.148. The average Bonchev–Trinajstić information content (AvgIpc) is 3.68. The molecule has 0 aliphatic carbocycles. The Morgan fingerprint density at radius 3 is 2.81 bits per heavy atom. The van der Waals surface area contributed by atoms with E-state index >= 15 is 0 Å². The Balaban J connectivity index is 1.46. The van der Waals surface area contributed by atoms with E-state index in [1.165, 1.54) is 35.4 Å². The number of aromatic nitrogens is 2. The molecule has 0 saturated carbocycles. The minimum atomic E-state index is -3.70. The monoisotopic (exact) mass is 648 g/mol. The van der Waals surface area contributed by atoms with Gasteiger partial charge in [-0.1, -0.05) is 27.9 Å². The van der Waals surface area contributed by atoms with Crippen molar-refractivity contribution in [3.63, 3.8) is 0 Å². The number of imidazole rings is 1. The summed E-state index contributed by atoms with van der Waals surface area (Å²) in [5.74, 6) is -0.504. The summed E-state index contributed by atoms with van der Waals surface area (Å²) in [5, 5.41) is 5.21. The molecule has 5 aromatic rings. The van der Waals surface area contributed by atoms with Gasteiger partial charge in [0.2, 0.25) is 5.15 Å². The van der Waals surface area contributed by atoms with E-state index in [4.69, 9.17) is 16.0 Å². The summed E-state index contributed by atoms with van der Waals surface area (Å²) in [6.07, 6.45) is 5.11. The predicted octanol–water partition coefficient (Wildman–Crippen LogP) is 6.80. The third-order valence-electron chi connectivity index (χ3n) is 7.62. The molecule has 4 heterocycles. The lowest BCUT2D eigenvalue weighted by molar-refractivity contribution is 0.0964. The molecule has 9 nitrogen and oxygen atoms in total. The summed E-state index contributed by atoms with van der Waals surface area (Å²) < 4.78 is 50.6. The Hall–Kier alpha value is -2.94. The normalized spacial score (nSPS) is 17.5. The molecule has 14 heteroatoms. The smallest absolute Gasteiger partial charge is 0.346 e. The highest BCUT2D eigenvalue weighted by molar-refractivity contribution is 7.99. The molecule has 2 atom stereocenters. The Morgan fingerprint density at radius 1 is 1.33 bits per heavy atom. The van der Waals surface area contributed by atoms with Crippen LogP contribution in [0.1, 0.15) is 34.7 Å². The van der Waals surface area contributed by atoms with E-state index in [1.54, 1.807) is 39.5 Å². The summed E-state index contributed by atoms with van der Waals surface area (Å²) in [6.45, 7) is 0.709. The van der Waals surface area contributed by atoms with Crippen LogP contribution in [0.2, 0.25) is 5.15 Å². The van der Waals surface area contributed by atoms with E-state index in [1.807, 2.05) is 29.7 Å². The zero-order valence-electron chi connectivity index (χ0n) is 23.0. The number of hydrogen-bond donors (Lipinski definition) is 2. The van der Waals surface area contributed by atoms with Crippen molar-refractivity contribution >= 4 is 72.8 Å². The van der Waals surface area contributed by atoms with Crippen LogP contribution in [0.15, 0.2) is 57.4 Å². The maximum Gasteiger partial charge on any atom is 0.346 e. The lowest BCUT2D eigenvalue weighted by Gasteiger charge is -2.32. The molecular weight excluding hydrogens is 621 g/mol. The van der Waals surface area contributed by atoms with Crippen LogP contribution >= 0.6 is 34.9 Å². The third-order valence-corrected chi connectivity index (χ3v) is 11.4. The van der Waals surface area contributed by atoms with Gasteiger partial charge in [0.1, 0.15) is 17.2 Å². The van der Waals surface area contributed by atoms with Gasteiger partial charge in [-0.2, -0.15) is 4.55 Å². The SMILES string of the molecule is CNC(=O)c1c(-c2ccc(F)cc2)oc2cc(N(C)SC)c(C3CCCN([S+](=O)(O)c4c(Cl)nc5sccn45)C3)cc12. The third kappa shape index (κ3) is 4.91. The minimum Gasteiger partial charge on any atom is -0.455 e. The summed E-state index contributed by atoms with van der Waals surface area (Å²) in [6, 6.07) is 9.67. The number of thiazole rings is 1. The van der Waals surface area contributed by atoms with Crippen molar-refractivity contribution < 1.29 is 22.4 Å². The fourth-order valence-electron chi connectivity index (χ4n) is 5.52. The molecule has 3 aromatic heterocycles. The molecule has 1 aliphatic heterocycles. The summed E-state index contributed by atoms with van der Waals surface area (Å²) in [7, 11) is -0.213.